The molecule has 0 fully saturated rings. The van der Waals surface area contributed by atoms with E-state index in [1.807, 2.05) is 0 Å². The number of hydrogen-bond acceptors (Lipinski definition) is 0. The van der Waals surface area contributed by atoms with Crippen molar-refractivity contribution in [3.8, 4) is 0 Å². The number of alkyl halides is 1. The Hall–Kier alpha value is -0.900. The van der Waals surface area contributed by atoms with Crippen LogP contribution in [0, 0.1) is 17.5 Å². The monoisotopic (exact) mass is 324 g/mol. The molecular weight excluding hydrogens is 319 g/mol. The highest BCUT2D eigenvalue weighted by Crippen LogP contribution is 2.36. The lowest BCUT2D eigenvalue weighted by Gasteiger charge is -2.13. The Kier molecular flexibility index (Phi) is 4.29. The van der Waals surface area contributed by atoms with Crippen LogP contribution in [-0.2, 0) is 0 Å². The molecule has 2 aromatic carbocycles. The lowest BCUT2D eigenvalue weighted by molar-refractivity contribution is 0.507. The average molecular weight is 326 g/mol. The van der Waals surface area contributed by atoms with Gasteiger partial charge in [0, 0.05) is 15.6 Å². The molecule has 0 aliphatic carbocycles. The normalized spacial score (nSPS) is 12.5. The number of halogens is 6. The van der Waals surface area contributed by atoms with Gasteiger partial charge in [0.15, 0.2) is 11.6 Å². The van der Waals surface area contributed by atoms with Crippen LogP contribution in [0.4, 0.5) is 13.2 Å². The van der Waals surface area contributed by atoms with Gasteiger partial charge in [-0.15, -0.1) is 11.6 Å². The van der Waals surface area contributed by atoms with Gasteiger partial charge in [0.05, 0.1) is 5.38 Å². The van der Waals surface area contributed by atoms with Gasteiger partial charge in [-0.25, -0.2) is 13.2 Å². The molecule has 100 valence electrons. The molecule has 0 saturated carbocycles. The minimum absolute atomic E-state index is 0.0757. The molecule has 0 spiro atoms. The summed E-state index contributed by atoms with van der Waals surface area (Å²) < 4.78 is 39.9. The van der Waals surface area contributed by atoms with E-state index in [0.717, 1.165) is 18.2 Å². The third-order valence-corrected chi connectivity index (χ3v) is 3.58. The zero-order chi connectivity index (χ0) is 14.2. The van der Waals surface area contributed by atoms with Gasteiger partial charge in [-0.3, -0.25) is 0 Å². The molecule has 2 aromatic rings. The van der Waals surface area contributed by atoms with E-state index in [-0.39, 0.29) is 21.2 Å². The van der Waals surface area contributed by atoms with Crippen LogP contribution >= 0.6 is 34.8 Å². The van der Waals surface area contributed by atoms with Crippen molar-refractivity contribution in [3.05, 3.63) is 69.0 Å². The minimum Gasteiger partial charge on any atom is -0.207 e. The van der Waals surface area contributed by atoms with E-state index >= 15 is 0 Å². The van der Waals surface area contributed by atoms with Gasteiger partial charge in [-0.05, 0) is 29.8 Å². The quantitative estimate of drug-likeness (QED) is 0.488. The summed E-state index contributed by atoms with van der Waals surface area (Å²) in [5.74, 6) is -2.83. The van der Waals surface area contributed by atoms with Crippen LogP contribution in [0.1, 0.15) is 16.5 Å². The standard InChI is InChI=1S/C13H6Cl3F3/c14-6-1-2-7(10(17)3-6)13(16)8-4-11(18)12(19)5-9(8)15/h1-5,13H. The van der Waals surface area contributed by atoms with E-state index in [1.54, 1.807) is 0 Å². The second kappa shape index (κ2) is 5.61. The third kappa shape index (κ3) is 2.99. The third-order valence-electron chi connectivity index (χ3n) is 2.55. The summed E-state index contributed by atoms with van der Waals surface area (Å²) in [6, 6.07) is 5.55. The van der Waals surface area contributed by atoms with Crippen LogP contribution in [0.15, 0.2) is 30.3 Å². The Labute approximate surface area is 122 Å². The lowest BCUT2D eigenvalue weighted by atomic mass is 10.0. The summed E-state index contributed by atoms with van der Waals surface area (Å²) in [5.41, 5.74) is 0.169. The summed E-state index contributed by atoms with van der Waals surface area (Å²) in [6.07, 6.45) is 0. The van der Waals surface area contributed by atoms with E-state index < -0.39 is 22.8 Å². The highest BCUT2D eigenvalue weighted by molar-refractivity contribution is 6.33. The van der Waals surface area contributed by atoms with Crippen molar-refractivity contribution < 1.29 is 13.2 Å². The van der Waals surface area contributed by atoms with Gasteiger partial charge in [-0.2, -0.15) is 0 Å². The second-order valence-corrected chi connectivity index (χ2v) is 5.10. The molecule has 0 amide bonds. The first-order valence-corrected chi connectivity index (χ1v) is 6.33. The van der Waals surface area contributed by atoms with E-state index in [0.29, 0.717) is 0 Å². The molecule has 0 aliphatic heterocycles. The Morgan fingerprint density at radius 1 is 0.789 bits per heavy atom. The van der Waals surface area contributed by atoms with E-state index in [9.17, 15) is 13.2 Å². The first-order valence-electron chi connectivity index (χ1n) is 5.13. The molecular formula is C13H6Cl3F3. The van der Waals surface area contributed by atoms with Crippen LogP contribution in [0.5, 0.6) is 0 Å². The molecule has 0 radical (unpaired) electrons. The van der Waals surface area contributed by atoms with Crippen molar-refractivity contribution in [3.63, 3.8) is 0 Å². The zero-order valence-electron chi connectivity index (χ0n) is 9.23. The smallest absolute Gasteiger partial charge is 0.160 e. The zero-order valence-corrected chi connectivity index (χ0v) is 11.5. The second-order valence-electron chi connectivity index (χ2n) is 3.82. The maximum Gasteiger partial charge on any atom is 0.160 e. The SMILES string of the molecule is Fc1cc(Cl)c(C(Cl)c2ccc(Cl)cc2F)cc1F. The van der Waals surface area contributed by atoms with Crippen LogP contribution in [0.3, 0.4) is 0 Å². The fourth-order valence-corrected chi connectivity index (χ4v) is 2.44. The van der Waals surface area contributed by atoms with Crippen molar-refractivity contribution in [1.82, 2.24) is 0 Å². The topological polar surface area (TPSA) is 0 Å². The summed E-state index contributed by atoms with van der Waals surface area (Å²) in [7, 11) is 0. The van der Waals surface area contributed by atoms with Crippen molar-refractivity contribution in [1.29, 1.82) is 0 Å². The molecule has 6 heteroatoms. The van der Waals surface area contributed by atoms with Crippen LogP contribution in [0.2, 0.25) is 10.0 Å². The highest BCUT2D eigenvalue weighted by atomic mass is 35.5. The Bertz CT molecular complexity index is 629. The summed E-state index contributed by atoms with van der Waals surface area (Å²) in [5, 5.41) is -0.908. The average Bonchev–Trinajstić information content (AvgIpc) is 2.33. The molecule has 0 heterocycles. The number of benzene rings is 2. The molecule has 0 bridgehead atoms. The fourth-order valence-electron chi connectivity index (χ4n) is 1.61. The van der Waals surface area contributed by atoms with Gasteiger partial charge in [-0.1, -0.05) is 29.3 Å². The first kappa shape index (κ1) is 14.5. The molecule has 1 unspecified atom stereocenters. The lowest BCUT2D eigenvalue weighted by Crippen LogP contribution is -2.00. The Morgan fingerprint density at radius 3 is 2.05 bits per heavy atom. The van der Waals surface area contributed by atoms with Crippen LogP contribution < -0.4 is 0 Å². The van der Waals surface area contributed by atoms with Gasteiger partial charge in [0.2, 0.25) is 0 Å². The van der Waals surface area contributed by atoms with E-state index in [2.05, 4.69) is 0 Å². The molecule has 0 saturated heterocycles. The largest absolute Gasteiger partial charge is 0.207 e. The molecule has 0 aliphatic rings. The van der Waals surface area contributed by atoms with Gasteiger partial charge in [0.1, 0.15) is 5.82 Å². The van der Waals surface area contributed by atoms with Gasteiger partial charge < -0.3 is 0 Å². The molecule has 19 heavy (non-hydrogen) atoms. The van der Waals surface area contributed by atoms with Crippen molar-refractivity contribution in [2.24, 2.45) is 0 Å². The van der Waals surface area contributed by atoms with E-state index in [4.69, 9.17) is 34.8 Å². The molecule has 2 rings (SSSR count). The van der Waals surface area contributed by atoms with Gasteiger partial charge in [0.25, 0.3) is 0 Å². The Balaban J connectivity index is 2.49. The van der Waals surface area contributed by atoms with Crippen molar-refractivity contribution in [2.75, 3.05) is 0 Å². The maximum atomic E-state index is 13.7. The number of hydrogen-bond donors (Lipinski definition) is 0. The summed E-state index contributed by atoms with van der Waals surface area (Å²) in [6.45, 7) is 0. The predicted octanol–water partition coefficient (Wildman–Crippen LogP) is 5.74. The van der Waals surface area contributed by atoms with Crippen LogP contribution in [0.25, 0.3) is 0 Å². The maximum absolute atomic E-state index is 13.7. The fraction of sp³-hybridized carbons (Fsp3) is 0.0769. The minimum atomic E-state index is -1.10. The van der Waals surface area contributed by atoms with Crippen molar-refractivity contribution in [2.45, 2.75) is 5.38 Å². The summed E-state index contributed by atoms with van der Waals surface area (Å²) in [4.78, 5) is 0. The summed E-state index contributed by atoms with van der Waals surface area (Å²) >= 11 is 17.5. The molecule has 0 N–H and O–H groups in total. The van der Waals surface area contributed by atoms with E-state index in [1.165, 1.54) is 12.1 Å². The highest BCUT2D eigenvalue weighted by Gasteiger charge is 2.20. The number of rotatable bonds is 2. The molecule has 0 aromatic heterocycles. The first-order chi connectivity index (χ1) is 8.90. The van der Waals surface area contributed by atoms with Crippen molar-refractivity contribution >= 4 is 34.8 Å². The van der Waals surface area contributed by atoms with Gasteiger partial charge >= 0.3 is 0 Å². The van der Waals surface area contributed by atoms with Crippen LogP contribution in [-0.4, -0.2) is 0 Å². The Morgan fingerprint density at radius 2 is 1.42 bits per heavy atom. The molecule has 1 atom stereocenters. The predicted molar refractivity (Wildman–Crippen MR) is 70.5 cm³/mol. The molecule has 0 nitrogen and oxygen atoms in total.